The molecular formula is C83H75N13O6. The maximum atomic E-state index is 12.6. The van der Waals surface area contributed by atoms with Gasteiger partial charge in [0.25, 0.3) is 23.6 Å². The van der Waals surface area contributed by atoms with Crippen LogP contribution in [0.3, 0.4) is 0 Å². The zero-order valence-corrected chi connectivity index (χ0v) is 57.2. The standard InChI is InChI=1S/C22H21N3O.C21H19N3O2.C20H18N4O.C20H17N3O2/c1-15-7-9-17(10-8-15)13-25-14-19(18-5-3-4-6-20(18)25)24-22(26)21-16(2)11-12-23-21;1-14-7-9-16(10-8-14)12-24-13-18(17-5-3-4-6-19(17)24)23-21(25)20-15(2)11-22-26-20;1-14-6-8-15(9-7-14)11-24-12-18(16-4-2-3-5-19(16)24)23-20(25)17-10-21-13-22-17;1-14-6-8-15(9-7-14)12-23-13-17(16-4-2-3-5-18(16)23)22-20(24)19-10-11-21-25-19/h3-12,14,23H,13H2,1-2H3,(H,24,26);3-11,13H,12H2,1-2H3,(H,23,25);2-10,12-13H,11H2,1H3,(H,21,22)(H,23,25);2-11,13H,12H2,1H3,(H,22,24). The van der Waals surface area contributed by atoms with E-state index in [0.29, 0.717) is 17.0 Å². The third-order valence-corrected chi connectivity index (χ3v) is 17.6. The topological polar surface area (TPSA) is 233 Å². The van der Waals surface area contributed by atoms with Crippen LogP contribution in [0, 0.1) is 41.5 Å². The van der Waals surface area contributed by atoms with Gasteiger partial charge in [-0.2, -0.15) is 0 Å². The number of carbonyl (C=O) groups is 4. The van der Waals surface area contributed by atoms with Gasteiger partial charge in [0.15, 0.2) is 0 Å². The summed E-state index contributed by atoms with van der Waals surface area (Å²) in [4.78, 5) is 59.4. The number of anilines is 4. The molecule has 16 rings (SSSR count). The highest BCUT2D eigenvalue weighted by molar-refractivity contribution is 6.11. The zero-order valence-electron chi connectivity index (χ0n) is 57.2. The van der Waals surface area contributed by atoms with E-state index in [0.717, 1.165) is 98.1 Å². The van der Waals surface area contributed by atoms with E-state index in [-0.39, 0.29) is 35.1 Å². The van der Waals surface area contributed by atoms with Crippen LogP contribution >= 0.6 is 0 Å². The highest BCUT2D eigenvalue weighted by atomic mass is 16.5. The van der Waals surface area contributed by atoms with Gasteiger partial charge < -0.3 is 58.5 Å². The van der Waals surface area contributed by atoms with Gasteiger partial charge >= 0.3 is 0 Å². The number of aromatic nitrogens is 9. The lowest BCUT2D eigenvalue weighted by Gasteiger charge is -2.06. The molecule has 0 saturated heterocycles. The second-order valence-electron chi connectivity index (χ2n) is 25.2. The normalized spacial score (nSPS) is 11.0. The van der Waals surface area contributed by atoms with Crippen LogP contribution in [-0.2, 0) is 26.2 Å². The van der Waals surface area contributed by atoms with Crippen molar-refractivity contribution in [2.45, 2.75) is 67.7 Å². The van der Waals surface area contributed by atoms with Crippen LogP contribution in [0.25, 0.3) is 43.6 Å². The molecule has 8 aromatic heterocycles. The number of hydrogen-bond acceptors (Lipinski definition) is 9. The van der Waals surface area contributed by atoms with Crippen molar-refractivity contribution in [3.05, 3.63) is 341 Å². The van der Waals surface area contributed by atoms with Crippen LogP contribution in [0.4, 0.5) is 22.7 Å². The summed E-state index contributed by atoms with van der Waals surface area (Å²) < 4.78 is 18.6. The number of aryl methyl sites for hydroxylation is 6. The fourth-order valence-electron chi connectivity index (χ4n) is 12.1. The third kappa shape index (κ3) is 15.8. The van der Waals surface area contributed by atoms with Gasteiger partial charge in [-0.15, -0.1) is 0 Å². The first-order valence-electron chi connectivity index (χ1n) is 33.4. The summed E-state index contributed by atoms with van der Waals surface area (Å²) in [6, 6.07) is 69.6. The smallest absolute Gasteiger partial charge is 0.294 e. The lowest BCUT2D eigenvalue weighted by atomic mass is 10.1. The van der Waals surface area contributed by atoms with Crippen molar-refractivity contribution in [2.75, 3.05) is 21.3 Å². The second kappa shape index (κ2) is 30.6. The molecule has 8 aromatic carbocycles. The number of imidazole rings is 1. The summed E-state index contributed by atoms with van der Waals surface area (Å²) in [5.41, 5.74) is 20.0. The van der Waals surface area contributed by atoms with Crippen LogP contribution in [0.1, 0.15) is 97.7 Å². The van der Waals surface area contributed by atoms with E-state index >= 15 is 0 Å². The Hall–Kier alpha value is -13.3. The first-order chi connectivity index (χ1) is 49.6. The van der Waals surface area contributed by atoms with Crippen LogP contribution in [0.15, 0.2) is 271 Å². The molecule has 8 heterocycles. The van der Waals surface area contributed by atoms with Gasteiger partial charge in [-0.25, -0.2) is 4.98 Å². The Labute approximate surface area is 588 Å². The van der Waals surface area contributed by atoms with Crippen molar-refractivity contribution in [1.29, 1.82) is 0 Å². The van der Waals surface area contributed by atoms with E-state index in [2.05, 4.69) is 208 Å². The number of hydrogen-bond donors (Lipinski definition) is 6. The van der Waals surface area contributed by atoms with E-state index in [4.69, 9.17) is 9.05 Å². The summed E-state index contributed by atoms with van der Waals surface area (Å²) in [7, 11) is 0. The SMILES string of the molecule is Cc1ccc(Cn2cc(NC(=O)c3[nH]ccc3C)c3ccccc32)cc1.Cc1ccc(Cn2cc(NC(=O)c3ccno3)c3ccccc32)cc1.Cc1ccc(Cn2cc(NC(=O)c3cnc[nH]3)c3ccccc32)cc1.Cc1ccc(Cn2cc(NC(=O)c3oncc3C)c3ccccc32)cc1. The highest BCUT2D eigenvalue weighted by Gasteiger charge is 2.20. The number of H-pyrrole nitrogens is 2. The molecule has 0 unspecified atom stereocenters. The largest absolute Gasteiger partial charge is 0.357 e. The predicted octanol–water partition coefficient (Wildman–Crippen LogP) is 17.6. The minimum absolute atomic E-state index is 0.120. The van der Waals surface area contributed by atoms with Gasteiger partial charge in [0.05, 0.1) is 69.7 Å². The molecule has 19 nitrogen and oxygen atoms in total. The Morgan fingerprint density at radius 2 is 0.745 bits per heavy atom. The van der Waals surface area contributed by atoms with Gasteiger partial charge in [-0.1, -0.05) is 202 Å². The molecule has 102 heavy (non-hydrogen) atoms. The molecule has 0 aliphatic rings. The van der Waals surface area contributed by atoms with Crippen LogP contribution in [-0.4, -0.2) is 67.2 Å². The second-order valence-corrected chi connectivity index (χ2v) is 25.2. The molecule has 16 aromatic rings. The van der Waals surface area contributed by atoms with E-state index in [1.54, 1.807) is 19.2 Å². The quantitative estimate of drug-likeness (QED) is 0.0539. The number of rotatable bonds is 16. The maximum Gasteiger partial charge on any atom is 0.294 e. The Morgan fingerprint density at radius 1 is 0.373 bits per heavy atom. The average molecular weight is 1350 g/mol. The van der Waals surface area contributed by atoms with E-state index in [1.165, 1.54) is 69.4 Å². The zero-order chi connectivity index (χ0) is 70.6. The lowest BCUT2D eigenvalue weighted by molar-refractivity contribution is 0.0980. The maximum absolute atomic E-state index is 12.6. The summed E-state index contributed by atoms with van der Waals surface area (Å²) in [6.07, 6.45) is 15.7. The first-order valence-corrected chi connectivity index (χ1v) is 33.4. The fourth-order valence-corrected chi connectivity index (χ4v) is 12.1. The number of carbonyl (C=O) groups excluding carboxylic acids is 4. The number of para-hydroxylation sites is 4. The van der Waals surface area contributed by atoms with Crippen LogP contribution in [0.2, 0.25) is 0 Å². The van der Waals surface area contributed by atoms with Gasteiger partial charge in [0.1, 0.15) is 11.4 Å². The number of amides is 4. The predicted molar refractivity (Wildman–Crippen MR) is 403 cm³/mol. The molecule has 0 saturated carbocycles. The van der Waals surface area contributed by atoms with Crippen molar-refractivity contribution >= 4 is 90.0 Å². The molecule has 19 heteroatoms. The fraction of sp³-hybridized carbons (Fsp3) is 0.120. The molecule has 0 aliphatic carbocycles. The molecule has 0 bridgehead atoms. The minimum atomic E-state index is -0.310. The number of benzene rings is 8. The van der Waals surface area contributed by atoms with Crippen molar-refractivity contribution in [3.63, 3.8) is 0 Å². The average Bonchev–Trinajstić information content (AvgIpc) is 1.67. The summed E-state index contributed by atoms with van der Waals surface area (Å²) in [5.74, 6) is -0.494. The number of nitrogens with one attached hydrogen (secondary N) is 6. The Bertz CT molecular complexity index is 5210. The van der Waals surface area contributed by atoms with Crippen molar-refractivity contribution in [2.24, 2.45) is 0 Å². The van der Waals surface area contributed by atoms with Crippen LogP contribution in [0.5, 0.6) is 0 Å². The summed E-state index contributed by atoms with van der Waals surface area (Å²) >= 11 is 0. The Kier molecular flexibility index (Phi) is 20.2. The Morgan fingerprint density at radius 3 is 1.08 bits per heavy atom. The Balaban J connectivity index is 0.000000121. The van der Waals surface area contributed by atoms with E-state index in [1.807, 2.05) is 117 Å². The van der Waals surface area contributed by atoms with Gasteiger partial charge in [-0.3, -0.25) is 19.2 Å². The number of nitrogens with zero attached hydrogens (tertiary/aromatic N) is 7. The van der Waals surface area contributed by atoms with E-state index in [9.17, 15) is 19.2 Å². The van der Waals surface area contributed by atoms with E-state index < -0.39 is 0 Å². The molecule has 0 radical (unpaired) electrons. The molecule has 0 fully saturated rings. The van der Waals surface area contributed by atoms with Gasteiger partial charge in [-0.05, 0) is 99.7 Å². The van der Waals surface area contributed by atoms with Crippen molar-refractivity contribution in [1.82, 2.24) is 43.5 Å². The summed E-state index contributed by atoms with van der Waals surface area (Å²) in [5, 5.41) is 23.2. The lowest BCUT2D eigenvalue weighted by Crippen LogP contribution is -2.13. The highest BCUT2D eigenvalue weighted by Crippen LogP contribution is 2.32. The minimum Gasteiger partial charge on any atom is -0.357 e. The number of aromatic amines is 2. The molecule has 6 N–H and O–H groups in total. The third-order valence-electron chi connectivity index (χ3n) is 17.6. The number of fused-ring (bicyclic) bond motifs is 4. The molecule has 508 valence electrons. The van der Waals surface area contributed by atoms with Gasteiger partial charge in [0, 0.05) is 90.3 Å². The molecule has 0 spiro atoms. The molecule has 0 aliphatic heterocycles. The monoisotopic (exact) mass is 1350 g/mol. The van der Waals surface area contributed by atoms with Crippen molar-refractivity contribution < 1.29 is 28.2 Å². The van der Waals surface area contributed by atoms with Crippen LogP contribution < -0.4 is 21.3 Å². The van der Waals surface area contributed by atoms with Gasteiger partial charge in [0.2, 0.25) is 11.5 Å². The molecule has 0 atom stereocenters. The molecular weight excluding hydrogens is 1270 g/mol. The van der Waals surface area contributed by atoms with Crippen molar-refractivity contribution in [3.8, 4) is 0 Å². The summed E-state index contributed by atoms with van der Waals surface area (Å²) in [6.45, 7) is 15.0. The molecule has 4 amide bonds. The first kappa shape index (κ1) is 67.3.